The molecule has 0 saturated carbocycles. The van der Waals surface area contributed by atoms with E-state index in [4.69, 9.17) is 5.73 Å². The molecule has 0 amide bonds. The van der Waals surface area contributed by atoms with E-state index in [2.05, 4.69) is 4.90 Å². The smallest absolute Gasteiger partial charge is 0.123 e. The Hall–Kier alpha value is -2.03. The van der Waals surface area contributed by atoms with Gasteiger partial charge in [-0.2, -0.15) is 0 Å². The van der Waals surface area contributed by atoms with Gasteiger partial charge in [0.25, 0.3) is 0 Å². The lowest BCUT2D eigenvalue weighted by Gasteiger charge is -2.21. The molecule has 0 spiro atoms. The number of nitrogen functional groups attached to an aromatic ring is 1. The summed E-state index contributed by atoms with van der Waals surface area (Å²) in [6.07, 6.45) is 0. The number of rotatable bonds is 3. The number of anilines is 2. The van der Waals surface area contributed by atoms with Crippen molar-refractivity contribution in [1.82, 2.24) is 0 Å². The van der Waals surface area contributed by atoms with Crippen molar-refractivity contribution in [3.63, 3.8) is 0 Å². The Balaban J connectivity index is 2.21. The van der Waals surface area contributed by atoms with E-state index in [1.54, 1.807) is 12.1 Å². The van der Waals surface area contributed by atoms with Gasteiger partial charge in [-0.3, -0.25) is 0 Å². The molecule has 2 nitrogen and oxygen atoms in total. The minimum absolute atomic E-state index is 0.198. The van der Waals surface area contributed by atoms with Crippen LogP contribution in [0.3, 0.4) is 0 Å². The first-order valence-electron chi connectivity index (χ1n) is 5.88. The number of nitrogens with zero attached hydrogens (tertiary/aromatic N) is 1. The van der Waals surface area contributed by atoms with Gasteiger partial charge in [-0.1, -0.05) is 12.1 Å². The Morgan fingerprint density at radius 3 is 2.67 bits per heavy atom. The first-order valence-corrected chi connectivity index (χ1v) is 5.88. The summed E-state index contributed by atoms with van der Waals surface area (Å²) in [5.74, 6) is -0.198. The highest BCUT2D eigenvalue weighted by molar-refractivity contribution is 5.55. The van der Waals surface area contributed by atoms with Crippen LogP contribution in [-0.2, 0) is 6.54 Å². The predicted octanol–water partition coefficient (Wildman–Crippen LogP) is 3.35. The van der Waals surface area contributed by atoms with Crippen LogP contribution < -0.4 is 10.6 Å². The summed E-state index contributed by atoms with van der Waals surface area (Å²) in [7, 11) is 1.97. The van der Waals surface area contributed by atoms with Crippen LogP contribution in [0.1, 0.15) is 11.1 Å². The third-order valence-electron chi connectivity index (χ3n) is 3.03. The van der Waals surface area contributed by atoms with Gasteiger partial charge in [-0.25, -0.2) is 4.39 Å². The van der Waals surface area contributed by atoms with E-state index in [0.717, 1.165) is 22.5 Å². The molecule has 0 aromatic heterocycles. The Kier molecular flexibility index (Phi) is 3.51. The number of benzene rings is 2. The molecule has 0 heterocycles. The van der Waals surface area contributed by atoms with E-state index in [-0.39, 0.29) is 5.82 Å². The van der Waals surface area contributed by atoms with Gasteiger partial charge >= 0.3 is 0 Å². The Labute approximate surface area is 107 Å². The normalized spacial score (nSPS) is 10.4. The van der Waals surface area contributed by atoms with E-state index < -0.39 is 0 Å². The van der Waals surface area contributed by atoms with Crippen LogP contribution in [0, 0.1) is 12.7 Å². The molecular weight excluding hydrogens is 227 g/mol. The molecule has 0 aliphatic rings. The van der Waals surface area contributed by atoms with E-state index in [1.807, 2.05) is 38.2 Å². The minimum atomic E-state index is -0.198. The SMILES string of the molecule is Cc1ccc(F)cc1CN(C)c1cccc(N)c1. The summed E-state index contributed by atoms with van der Waals surface area (Å²) < 4.78 is 13.2. The monoisotopic (exact) mass is 244 g/mol. The number of halogens is 1. The highest BCUT2D eigenvalue weighted by atomic mass is 19.1. The van der Waals surface area contributed by atoms with Crippen LogP contribution in [0.5, 0.6) is 0 Å². The fourth-order valence-electron chi connectivity index (χ4n) is 1.92. The quantitative estimate of drug-likeness (QED) is 0.839. The van der Waals surface area contributed by atoms with Gasteiger partial charge in [0, 0.05) is 25.0 Å². The van der Waals surface area contributed by atoms with Crippen molar-refractivity contribution >= 4 is 11.4 Å². The lowest BCUT2D eigenvalue weighted by Crippen LogP contribution is -2.17. The Morgan fingerprint density at radius 1 is 1.17 bits per heavy atom. The van der Waals surface area contributed by atoms with Gasteiger partial charge in [0.15, 0.2) is 0 Å². The fourth-order valence-corrected chi connectivity index (χ4v) is 1.92. The van der Waals surface area contributed by atoms with E-state index in [1.165, 1.54) is 6.07 Å². The zero-order valence-electron chi connectivity index (χ0n) is 10.7. The molecule has 0 aliphatic heterocycles. The van der Waals surface area contributed by atoms with Crippen molar-refractivity contribution in [2.45, 2.75) is 13.5 Å². The average molecular weight is 244 g/mol. The van der Waals surface area contributed by atoms with E-state index >= 15 is 0 Å². The second-order valence-electron chi connectivity index (χ2n) is 4.52. The molecule has 94 valence electrons. The van der Waals surface area contributed by atoms with Crippen LogP contribution in [0.15, 0.2) is 42.5 Å². The minimum Gasteiger partial charge on any atom is -0.399 e. The van der Waals surface area contributed by atoms with Crippen molar-refractivity contribution in [1.29, 1.82) is 0 Å². The molecule has 0 unspecified atom stereocenters. The zero-order valence-corrected chi connectivity index (χ0v) is 10.7. The molecule has 0 bridgehead atoms. The van der Waals surface area contributed by atoms with Crippen LogP contribution in [0.25, 0.3) is 0 Å². The van der Waals surface area contributed by atoms with Crippen molar-refractivity contribution < 1.29 is 4.39 Å². The fraction of sp³-hybridized carbons (Fsp3) is 0.200. The highest BCUT2D eigenvalue weighted by Gasteiger charge is 2.06. The third-order valence-corrected chi connectivity index (χ3v) is 3.03. The first kappa shape index (κ1) is 12.4. The van der Waals surface area contributed by atoms with Gasteiger partial charge in [-0.05, 0) is 48.4 Å². The standard InChI is InChI=1S/C15H17FN2/c1-11-6-7-13(16)8-12(11)10-18(2)15-5-3-4-14(17)9-15/h3-9H,10,17H2,1-2H3. The molecule has 0 aliphatic carbocycles. The van der Waals surface area contributed by atoms with Gasteiger partial charge in [0.1, 0.15) is 5.82 Å². The number of aryl methyl sites for hydroxylation is 1. The van der Waals surface area contributed by atoms with Gasteiger partial charge in [0.2, 0.25) is 0 Å². The molecule has 2 rings (SSSR count). The van der Waals surface area contributed by atoms with Crippen LogP contribution in [0.2, 0.25) is 0 Å². The first-order chi connectivity index (χ1) is 8.56. The third kappa shape index (κ3) is 2.80. The highest BCUT2D eigenvalue weighted by Crippen LogP contribution is 2.20. The topological polar surface area (TPSA) is 29.3 Å². The largest absolute Gasteiger partial charge is 0.399 e. The summed E-state index contributed by atoms with van der Waals surface area (Å²) in [6.45, 7) is 2.65. The maximum atomic E-state index is 13.2. The van der Waals surface area contributed by atoms with Crippen LogP contribution >= 0.6 is 0 Å². The van der Waals surface area contributed by atoms with E-state index in [0.29, 0.717) is 6.54 Å². The molecule has 0 saturated heterocycles. The second-order valence-corrected chi connectivity index (χ2v) is 4.52. The maximum Gasteiger partial charge on any atom is 0.123 e. The van der Waals surface area contributed by atoms with Crippen molar-refractivity contribution in [3.05, 3.63) is 59.4 Å². The molecule has 2 aromatic rings. The molecule has 0 fully saturated rings. The van der Waals surface area contributed by atoms with Crippen LogP contribution in [-0.4, -0.2) is 7.05 Å². The lowest BCUT2D eigenvalue weighted by molar-refractivity contribution is 0.624. The Morgan fingerprint density at radius 2 is 1.94 bits per heavy atom. The molecular formula is C15H17FN2. The molecule has 0 radical (unpaired) electrons. The Bertz CT molecular complexity index is 552. The van der Waals surface area contributed by atoms with Gasteiger partial charge in [-0.15, -0.1) is 0 Å². The van der Waals surface area contributed by atoms with Gasteiger partial charge in [0.05, 0.1) is 0 Å². The summed E-state index contributed by atoms with van der Waals surface area (Å²) in [6, 6.07) is 12.5. The molecule has 3 heteroatoms. The maximum absolute atomic E-state index is 13.2. The van der Waals surface area contributed by atoms with Crippen molar-refractivity contribution in [2.75, 3.05) is 17.7 Å². The predicted molar refractivity (Wildman–Crippen MR) is 74.1 cm³/mol. The molecule has 2 aromatic carbocycles. The van der Waals surface area contributed by atoms with E-state index in [9.17, 15) is 4.39 Å². The summed E-state index contributed by atoms with van der Waals surface area (Å²) in [4.78, 5) is 2.05. The second kappa shape index (κ2) is 5.08. The molecule has 18 heavy (non-hydrogen) atoms. The number of hydrogen-bond donors (Lipinski definition) is 1. The zero-order chi connectivity index (χ0) is 13.1. The summed E-state index contributed by atoms with van der Waals surface area (Å²) >= 11 is 0. The summed E-state index contributed by atoms with van der Waals surface area (Å²) in [5.41, 5.74) is 9.59. The van der Waals surface area contributed by atoms with Crippen molar-refractivity contribution in [3.8, 4) is 0 Å². The van der Waals surface area contributed by atoms with Gasteiger partial charge < -0.3 is 10.6 Å². The van der Waals surface area contributed by atoms with Crippen molar-refractivity contribution in [2.24, 2.45) is 0 Å². The number of nitrogens with two attached hydrogens (primary N) is 1. The average Bonchev–Trinajstić information content (AvgIpc) is 2.34. The lowest BCUT2D eigenvalue weighted by atomic mass is 10.1. The van der Waals surface area contributed by atoms with Crippen LogP contribution in [0.4, 0.5) is 15.8 Å². The summed E-state index contributed by atoms with van der Waals surface area (Å²) in [5, 5.41) is 0. The molecule has 0 atom stereocenters. The molecule has 2 N–H and O–H groups in total. The number of hydrogen-bond acceptors (Lipinski definition) is 2.